The van der Waals surface area contributed by atoms with E-state index in [0.717, 1.165) is 17.0 Å². The normalized spacial score (nSPS) is 13.2. The summed E-state index contributed by atoms with van der Waals surface area (Å²) in [6, 6.07) is 6.34. The summed E-state index contributed by atoms with van der Waals surface area (Å²) in [6.45, 7) is 1.86. The quantitative estimate of drug-likeness (QED) is 0.788. The second-order valence-electron chi connectivity index (χ2n) is 4.52. The lowest BCUT2D eigenvalue weighted by Crippen LogP contribution is -2.18. The maximum Gasteiger partial charge on any atom is 0.416 e. The van der Waals surface area contributed by atoms with E-state index in [1.165, 1.54) is 0 Å². The van der Waals surface area contributed by atoms with Gasteiger partial charge in [-0.25, -0.2) is 4.39 Å². The molecule has 1 N–H and O–H groups in total. The number of benzene rings is 1. The largest absolute Gasteiger partial charge is 0.416 e. The lowest BCUT2D eigenvalue weighted by molar-refractivity contribution is -0.137. The third-order valence-corrected chi connectivity index (χ3v) is 3.68. The third kappa shape index (κ3) is 3.72. The van der Waals surface area contributed by atoms with Crippen molar-refractivity contribution in [1.29, 1.82) is 0 Å². The highest BCUT2D eigenvalue weighted by atomic mass is 32.1. The van der Waals surface area contributed by atoms with Crippen molar-refractivity contribution < 1.29 is 17.6 Å². The number of nitrogens with one attached hydrogen (secondary N) is 1. The van der Waals surface area contributed by atoms with E-state index in [2.05, 4.69) is 5.32 Å². The minimum absolute atomic E-state index is 0.0695. The molecular weight excluding hydrogens is 290 g/mol. The van der Waals surface area contributed by atoms with Crippen molar-refractivity contribution in [3.05, 3.63) is 52.0 Å². The number of rotatable bonds is 4. The van der Waals surface area contributed by atoms with Crippen LogP contribution in [0, 0.1) is 5.82 Å². The Labute approximate surface area is 118 Å². The van der Waals surface area contributed by atoms with Crippen LogP contribution in [-0.4, -0.2) is 6.04 Å². The van der Waals surface area contributed by atoms with Crippen LogP contribution in [0.15, 0.2) is 35.7 Å². The van der Waals surface area contributed by atoms with E-state index in [4.69, 9.17) is 0 Å². The Morgan fingerprint density at radius 1 is 1.25 bits per heavy atom. The molecule has 108 valence electrons. The zero-order chi connectivity index (χ0) is 14.8. The van der Waals surface area contributed by atoms with E-state index in [-0.39, 0.29) is 11.7 Å². The van der Waals surface area contributed by atoms with Crippen molar-refractivity contribution in [3.8, 4) is 0 Å². The first-order valence-electron chi connectivity index (χ1n) is 6.02. The number of anilines is 1. The van der Waals surface area contributed by atoms with Crippen LogP contribution in [0.5, 0.6) is 0 Å². The molecule has 0 aliphatic carbocycles. The molecule has 20 heavy (non-hydrogen) atoms. The van der Waals surface area contributed by atoms with Gasteiger partial charge in [-0.1, -0.05) is 6.07 Å². The van der Waals surface area contributed by atoms with E-state index in [1.54, 1.807) is 11.3 Å². The minimum Gasteiger partial charge on any atom is -0.380 e. The molecule has 0 saturated carbocycles. The summed E-state index contributed by atoms with van der Waals surface area (Å²) >= 11 is 1.59. The highest BCUT2D eigenvalue weighted by molar-refractivity contribution is 7.09. The molecule has 1 aromatic carbocycles. The van der Waals surface area contributed by atoms with Gasteiger partial charge in [0.25, 0.3) is 0 Å². The van der Waals surface area contributed by atoms with Crippen LogP contribution in [0.1, 0.15) is 17.4 Å². The standard InChI is InChI=1S/C14H13F4NS/c1-9(7-11-3-2-6-20-11)19-13-5-4-10(8-12(13)15)14(16,17)18/h2-6,8-9,19H,7H2,1H3. The summed E-state index contributed by atoms with van der Waals surface area (Å²) in [5, 5.41) is 4.84. The molecule has 2 rings (SSSR count). The molecule has 1 atom stereocenters. The first-order chi connectivity index (χ1) is 9.36. The third-order valence-electron chi connectivity index (χ3n) is 2.79. The molecule has 1 unspecified atom stereocenters. The predicted octanol–water partition coefficient (Wildman–Crippen LogP) is 4.95. The Bertz CT molecular complexity index is 563. The Kier molecular flexibility index (Phi) is 4.32. The summed E-state index contributed by atoms with van der Waals surface area (Å²) in [6.07, 6.45) is -3.83. The van der Waals surface area contributed by atoms with Gasteiger partial charge in [-0.3, -0.25) is 0 Å². The van der Waals surface area contributed by atoms with Crippen LogP contribution in [-0.2, 0) is 12.6 Å². The zero-order valence-electron chi connectivity index (χ0n) is 10.7. The van der Waals surface area contributed by atoms with Gasteiger partial charge in [-0.05, 0) is 36.6 Å². The zero-order valence-corrected chi connectivity index (χ0v) is 11.5. The van der Waals surface area contributed by atoms with E-state index in [9.17, 15) is 17.6 Å². The van der Waals surface area contributed by atoms with Crippen molar-refractivity contribution in [3.63, 3.8) is 0 Å². The van der Waals surface area contributed by atoms with Crippen LogP contribution in [0.4, 0.5) is 23.2 Å². The molecular formula is C14H13F4NS. The smallest absolute Gasteiger partial charge is 0.380 e. The van der Waals surface area contributed by atoms with Crippen molar-refractivity contribution in [2.24, 2.45) is 0 Å². The number of alkyl halides is 3. The van der Waals surface area contributed by atoms with Crippen LogP contribution in [0.2, 0.25) is 0 Å². The Morgan fingerprint density at radius 3 is 2.55 bits per heavy atom. The maximum absolute atomic E-state index is 13.7. The molecule has 0 fully saturated rings. The minimum atomic E-state index is -4.53. The van der Waals surface area contributed by atoms with E-state index < -0.39 is 17.6 Å². The monoisotopic (exact) mass is 303 g/mol. The van der Waals surface area contributed by atoms with E-state index in [1.807, 2.05) is 24.4 Å². The first-order valence-corrected chi connectivity index (χ1v) is 6.90. The van der Waals surface area contributed by atoms with Crippen molar-refractivity contribution in [2.75, 3.05) is 5.32 Å². The summed E-state index contributed by atoms with van der Waals surface area (Å²) in [5.74, 6) is -0.891. The van der Waals surface area contributed by atoms with Crippen molar-refractivity contribution in [1.82, 2.24) is 0 Å². The predicted molar refractivity (Wildman–Crippen MR) is 72.5 cm³/mol. The molecule has 1 aromatic heterocycles. The number of halogens is 4. The first kappa shape index (κ1) is 14.8. The molecule has 0 aliphatic rings. The van der Waals surface area contributed by atoms with E-state index in [0.29, 0.717) is 12.5 Å². The molecule has 0 radical (unpaired) electrons. The van der Waals surface area contributed by atoms with Gasteiger partial charge < -0.3 is 5.32 Å². The van der Waals surface area contributed by atoms with Crippen LogP contribution in [0.3, 0.4) is 0 Å². The average Bonchev–Trinajstić information content (AvgIpc) is 2.83. The van der Waals surface area contributed by atoms with Gasteiger partial charge >= 0.3 is 6.18 Å². The fourth-order valence-electron chi connectivity index (χ4n) is 1.86. The lowest BCUT2D eigenvalue weighted by atomic mass is 10.1. The summed E-state index contributed by atoms with van der Waals surface area (Å²) in [7, 11) is 0. The van der Waals surface area contributed by atoms with Gasteiger partial charge in [0.2, 0.25) is 0 Å². The molecule has 1 nitrogen and oxygen atoms in total. The van der Waals surface area contributed by atoms with Gasteiger partial charge in [-0.2, -0.15) is 13.2 Å². The SMILES string of the molecule is CC(Cc1cccs1)Nc1ccc(C(F)(F)F)cc1F. The molecule has 0 bridgehead atoms. The molecule has 0 spiro atoms. The van der Waals surface area contributed by atoms with Gasteiger partial charge in [0.1, 0.15) is 5.82 Å². The molecule has 2 aromatic rings. The Morgan fingerprint density at radius 2 is 2.00 bits per heavy atom. The number of hydrogen-bond donors (Lipinski definition) is 1. The van der Waals surface area contributed by atoms with Crippen molar-refractivity contribution >= 4 is 17.0 Å². The van der Waals surface area contributed by atoms with Crippen molar-refractivity contribution in [2.45, 2.75) is 25.6 Å². The number of hydrogen-bond acceptors (Lipinski definition) is 2. The van der Waals surface area contributed by atoms with Crippen LogP contribution >= 0.6 is 11.3 Å². The molecule has 6 heteroatoms. The highest BCUT2D eigenvalue weighted by Gasteiger charge is 2.31. The highest BCUT2D eigenvalue weighted by Crippen LogP contribution is 2.31. The Balaban J connectivity index is 2.06. The summed E-state index contributed by atoms with van der Waals surface area (Å²) < 4.78 is 50.9. The van der Waals surface area contributed by atoms with Gasteiger partial charge in [-0.15, -0.1) is 11.3 Å². The number of thiophene rings is 1. The second-order valence-corrected chi connectivity index (χ2v) is 5.55. The van der Waals surface area contributed by atoms with E-state index >= 15 is 0 Å². The van der Waals surface area contributed by atoms with Gasteiger partial charge in [0.15, 0.2) is 0 Å². The average molecular weight is 303 g/mol. The van der Waals surface area contributed by atoms with Gasteiger partial charge in [0, 0.05) is 17.3 Å². The van der Waals surface area contributed by atoms with Crippen LogP contribution < -0.4 is 5.32 Å². The summed E-state index contributed by atoms with van der Waals surface area (Å²) in [4.78, 5) is 1.14. The maximum atomic E-state index is 13.7. The topological polar surface area (TPSA) is 12.0 Å². The molecule has 1 heterocycles. The molecule has 0 aliphatic heterocycles. The fourth-order valence-corrected chi connectivity index (χ4v) is 2.69. The Hall–Kier alpha value is -1.56. The summed E-state index contributed by atoms with van der Waals surface area (Å²) in [5.41, 5.74) is -0.895. The lowest BCUT2D eigenvalue weighted by Gasteiger charge is -2.16. The van der Waals surface area contributed by atoms with Crippen LogP contribution in [0.25, 0.3) is 0 Å². The second kappa shape index (κ2) is 5.83. The molecule has 0 amide bonds. The molecule has 0 saturated heterocycles. The fraction of sp³-hybridized carbons (Fsp3) is 0.286. The van der Waals surface area contributed by atoms with Gasteiger partial charge in [0.05, 0.1) is 11.3 Å².